The molecular formula is C12H26O4Si. The van der Waals surface area contributed by atoms with Gasteiger partial charge in [-0.15, -0.1) is 0 Å². The van der Waals surface area contributed by atoms with Gasteiger partial charge in [0.2, 0.25) is 5.41 Å². The van der Waals surface area contributed by atoms with Gasteiger partial charge in [0.05, 0.1) is 0 Å². The summed E-state index contributed by atoms with van der Waals surface area (Å²) in [5.74, 6) is 0.364. The van der Waals surface area contributed by atoms with Crippen LogP contribution in [0.1, 0.15) is 32.6 Å². The third-order valence-electron chi connectivity index (χ3n) is 4.03. The molecule has 0 N–H and O–H groups in total. The molecule has 1 saturated heterocycles. The van der Waals surface area contributed by atoms with Crippen molar-refractivity contribution in [1.82, 2.24) is 0 Å². The van der Waals surface area contributed by atoms with Crippen molar-refractivity contribution < 1.29 is 18.3 Å². The van der Waals surface area contributed by atoms with E-state index >= 15 is 0 Å². The van der Waals surface area contributed by atoms with Crippen LogP contribution in [0.2, 0.25) is 6.04 Å². The van der Waals surface area contributed by atoms with Crippen molar-refractivity contribution in [2.75, 3.05) is 28.4 Å². The highest BCUT2D eigenvalue weighted by atomic mass is 28.4. The van der Waals surface area contributed by atoms with Crippen LogP contribution in [0.3, 0.4) is 0 Å². The van der Waals surface area contributed by atoms with Gasteiger partial charge in [-0.05, 0) is 18.9 Å². The van der Waals surface area contributed by atoms with E-state index in [1.807, 2.05) is 0 Å². The van der Waals surface area contributed by atoms with Gasteiger partial charge in [0.25, 0.3) is 0 Å². The van der Waals surface area contributed by atoms with Gasteiger partial charge in [-0.25, -0.2) is 0 Å². The molecule has 0 radical (unpaired) electrons. The fraction of sp³-hybridized carbons (Fsp3) is 1.00. The minimum atomic E-state index is -2.46. The van der Waals surface area contributed by atoms with Crippen LogP contribution in [-0.4, -0.2) is 42.4 Å². The van der Waals surface area contributed by atoms with E-state index in [0.29, 0.717) is 5.92 Å². The fourth-order valence-corrected chi connectivity index (χ4v) is 6.93. The van der Waals surface area contributed by atoms with Crippen molar-refractivity contribution in [2.45, 2.75) is 44.1 Å². The van der Waals surface area contributed by atoms with Crippen LogP contribution < -0.4 is 0 Å². The van der Waals surface area contributed by atoms with Crippen molar-refractivity contribution >= 4 is 8.56 Å². The van der Waals surface area contributed by atoms with Crippen LogP contribution in [-0.2, 0) is 18.3 Å². The molecule has 1 unspecified atom stereocenters. The molecule has 0 aromatic carbocycles. The Kier molecular flexibility index (Phi) is 5.59. The fourth-order valence-electron chi connectivity index (χ4n) is 3.24. The molecule has 1 aliphatic rings. The molecule has 0 spiro atoms. The van der Waals surface area contributed by atoms with Crippen LogP contribution in [0, 0.1) is 5.92 Å². The Labute approximate surface area is 106 Å². The summed E-state index contributed by atoms with van der Waals surface area (Å²) in [6.45, 7) is 2.19. The van der Waals surface area contributed by atoms with Crippen LogP contribution >= 0.6 is 0 Å². The lowest BCUT2D eigenvalue weighted by atomic mass is 9.96. The van der Waals surface area contributed by atoms with E-state index in [-0.39, 0.29) is 0 Å². The van der Waals surface area contributed by atoms with Crippen molar-refractivity contribution in [3.63, 3.8) is 0 Å². The molecule has 102 valence electrons. The first-order valence-electron chi connectivity index (χ1n) is 6.37. The van der Waals surface area contributed by atoms with Crippen LogP contribution in [0.15, 0.2) is 0 Å². The van der Waals surface area contributed by atoms with E-state index < -0.39 is 14.0 Å². The molecule has 5 heteroatoms. The number of hydrogen-bond donors (Lipinski definition) is 0. The topological polar surface area (TPSA) is 36.9 Å². The van der Waals surface area contributed by atoms with Gasteiger partial charge >= 0.3 is 8.56 Å². The maximum Gasteiger partial charge on any atom is 0.399 e. The first-order chi connectivity index (χ1) is 8.16. The number of methoxy groups -OCH3 is 2. The van der Waals surface area contributed by atoms with E-state index in [1.165, 1.54) is 0 Å². The van der Waals surface area contributed by atoms with Crippen molar-refractivity contribution in [2.24, 2.45) is 5.92 Å². The smallest absolute Gasteiger partial charge is 0.395 e. The second-order valence-corrected chi connectivity index (χ2v) is 8.13. The quantitative estimate of drug-likeness (QED) is 0.544. The molecule has 17 heavy (non-hydrogen) atoms. The Morgan fingerprint density at radius 2 is 1.71 bits per heavy atom. The van der Waals surface area contributed by atoms with E-state index in [2.05, 4.69) is 6.92 Å². The minimum absolute atomic E-state index is 0.364. The lowest BCUT2D eigenvalue weighted by molar-refractivity contribution is -0.214. The molecule has 4 nitrogen and oxygen atoms in total. The van der Waals surface area contributed by atoms with E-state index in [9.17, 15) is 0 Å². The zero-order chi connectivity index (χ0) is 12.9. The summed E-state index contributed by atoms with van der Waals surface area (Å²) in [5.41, 5.74) is -0.662. The maximum absolute atomic E-state index is 5.78. The zero-order valence-corrected chi connectivity index (χ0v) is 12.7. The Morgan fingerprint density at radius 3 is 2.12 bits per heavy atom. The van der Waals surface area contributed by atoms with Crippen molar-refractivity contribution in [1.29, 1.82) is 0 Å². The Morgan fingerprint density at radius 1 is 1.12 bits per heavy atom. The Balaban J connectivity index is 3.10. The Bertz CT molecular complexity index is 225. The second-order valence-electron chi connectivity index (χ2n) is 4.61. The standard InChI is InChI=1S/C12H26O4Si/c1-6-8-11-9-7-10-17(15-4,16-5)12(11,13-2)14-3/h11H,6-10H2,1-5H3. The zero-order valence-electron chi connectivity index (χ0n) is 11.7. The molecule has 0 aromatic heterocycles. The van der Waals surface area contributed by atoms with Gasteiger partial charge < -0.3 is 18.3 Å². The predicted octanol–water partition coefficient (Wildman–Crippen LogP) is 2.46. The van der Waals surface area contributed by atoms with Gasteiger partial charge in [-0.2, -0.15) is 0 Å². The predicted molar refractivity (Wildman–Crippen MR) is 69.0 cm³/mol. The summed E-state index contributed by atoms with van der Waals surface area (Å²) < 4.78 is 23.1. The van der Waals surface area contributed by atoms with E-state index in [4.69, 9.17) is 18.3 Å². The number of rotatable bonds is 6. The van der Waals surface area contributed by atoms with Crippen LogP contribution in [0.4, 0.5) is 0 Å². The molecule has 1 atom stereocenters. The van der Waals surface area contributed by atoms with E-state index in [1.54, 1.807) is 28.4 Å². The van der Waals surface area contributed by atoms with Crippen LogP contribution in [0.25, 0.3) is 0 Å². The number of ether oxygens (including phenoxy) is 2. The lowest BCUT2D eigenvalue weighted by Gasteiger charge is -2.50. The van der Waals surface area contributed by atoms with Gasteiger partial charge in [-0.3, -0.25) is 0 Å². The molecule has 0 bridgehead atoms. The van der Waals surface area contributed by atoms with E-state index in [0.717, 1.165) is 31.7 Å². The summed E-state index contributed by atoms with van der Waals surface area (Å²) in [5, 5.41) is 0. The highest BCUT2D eigenvalue weighted by molar-refractivity contribution is 6.70. The minimum Gasteiger partial charge on any atom is -0.395 e. The van der Waals surface area contributed by atoms with Crippen molar-refractivity contribution in [3.05, 3.63) is 0 Å². The highest BCUT2D eigenvalue weighted by Crippen LogP contribution is 2.45. The third kappa shape index (κ3) is 2.31. The lowest BCUT2D eigenvalue weighted by Crippen LogP contribution is -2.69. The molecular weight excluding hydrogens is 236 g/mol. The molecule has 0 aliphatic carbocycles. The Hall–Kier alpha value is 0.0569. The maximum atomic E-state index is 5.78. The SMILES string of the molecule is CCCC1CCC[Si](OC)(OC)C1(OC)OC. The van der Waals surface area contributed by atoms with Gasteiger partial charge in [0.1, 0.15) is 0 Å². The summed E-state index contributed by atoms with van der Waals surface area (Å²) in [7, 11) is 4.39. The van der Waals surface area contributed by atoms with Crippen LogP contribution in [0.5, 0.6) is 0 Å². The van der Waals surface area contributed by atoms with Gasteiger partial charge in [0, 0.05) is 34.4 Å². The monoisotopic (exact) mass is 262 g/mol. The van der Waals surface area contributed by atoms with Gasteiger partial charge in [0.15, 0.2) is 0 Å². The molecule has 1 fully saturated rings. The second kappa shape index (κ2) is 6.29. The number of hydrogen-bond acceptors (Lipinski definition) is 4. The summed E-state index contributed by atoms with van der Waals surface area (Å²) >= 11 is 0. The largest absolute Gasteiger partial charge is 0.399 e. The first-order valence-corrected chi connectivity index (χ1v) is 8.39. The highest BCUT2D eigenvalue weighted by Gasteiger charge is 2.64. The summed E-state index contributed by atoms with van der Waals surface area (Å²) in [6, 6.07) is 0.932. The molecule has 0 aromatic rings. The molecule has 1 rings (SSSR count). The van der Waals surface area contributed by atoms with Gasteiger partial charge in [-0.1, -0.05) is 19.8 Å². The van der Waals surface area contributed by atoms with Crippen molar-refractivity contribution in [3.8, 4) is 0 Å². The first kappa shape index (κ1) is 15.1. The third-order valence-corrected chi connectivity index (χ3v) is 8.24. The summed E-state index contributed by atoms with van der Waals surface area (Å²) in [4.78, 5) is 0. The molecule has 1 heterocycles. The normalized spacial score (nSPS) is 27.0. The molecule has 1 aliphatic heterocycles. The average Bonchev–Trinajstić information content (AvgIpc) is 2.38. The molecule has 0 saturated carbocycles. The molecule has 0 amide bonds. The summed E-state index contributed by atoms with van der Waals surface area (Å²) in [6.07, 6.45) is 4.46. The average molecular weight is 262 g/mol.